The van der Waals surface area contributed by atoms with Crippen molar-refractivity contribution in [2.45, 2.75) is 32.2 Å². The van der Waals surface area contributed by atoms with Gasteiger partial charge in [0.25, 0.3) is 5.91 Å². The molecule has 2 saturated heterocycles. The second-order valence-electron chi connectivity index (χ2n) is 7.97. The molecule has 0 spiro atoms. The van der Waals surface area contributed by atoms with Crippen LogP contribution in [0.2, 0.25) is 0 Å². The van der Waals surface area contributed by atoms with Crippen LogP contribution < -0.4 is 5.32 Å². The van der Waals surface area contributed by atoms with Crippen LogP contribution in [-0.4, -0.2) is 70.8 Å². The molecule has 1 amide bonds. The van der Waals surface area contributed by atoms with Crippen molar-refractivity contribution in [3.05, 3.63) is 47.5 Å². The van der Waals surface area contributed by atoms with Crippen molar-refractivity contribution < 1.29 is 9.18 Å². The van der Waals surface area contributed by atoms with Gasteiger partial charge < -0.3 is 10.2 Å². The molecule has 3 heterocycles. The number of hydrogen-bond acceptors (Lipinski definition) is 4. The summed E-state index contributed by atoms with van der Waals surface area (Å²) in [7, 11) is 0. The lowest BCUT2D eigenvalue weighted by atomic mass is 10.0. The Morgan fingerprint density at radius 3 is 2.57 bits per heavy atom. The van der Waals surface area contributed by atoms with Gasteiger partial charge in [0, 0.05) is 45.3 Å². The third-order valence-electron chi connectivity index (χ3n) is 5.77. The SMILES string of the molecule is CC(C)c1c(C(=O)N2CCC(N3CCNCC3)C2)cnn1-c1ccc(F)cc1. The summed E-state index contributed by atoms with van der Waals surface area (Å²) >= 11 is 0. The Bertz CT molecular complexity index is 826. The number of carbonyl (C=O) groups is 1. The van der Waals surface area contributed by atoms with Crippen LogP contribution in [-0.2, 0) is 0 Å². The molecule has 1 unspecified atom stereocenters. The molecule has 0 aliphatic carbocycles. The van der Waals surface area contributed by atoms with Gasteiger partial charge in [-0.1, -0.05) is 13.8 Å². The Labute approximate surface area is 165 Å². The number of carbonyl (C=O) groups excluding carboxylic acids is 1. The van der Waals surface area contributed by atoms with E-state index in [4.69, 9.17) is 0 Å². The molecule has 28 heavy (non-hydrogen) atoms. The van der Waals surface area contributed by atoms with Gasteiger partial charge in [0.1, 0.15) is 5.82 Å². The molecule has 150 valence electrons. The number of likely N-dealkylation sites (tertiary alicyclic amines) is 1. The summed E-state index contributed by atoms with van der Waals surface area (Å²) in [6.07, 6.45) is 2.69. The molecule has 0 radical (unpaired) electrons. The molecule has 4 rings (SSSR count). The monoisotopic (exact) mass is 385 g/mol. The van der Waals surface area contributed by atoms with E-state index >= 15 is 0 Å². The summed E-state index contributed by atoms with van der Waals surface area (Å²) in [6.45, 7) is 9.81. The molecular weight excluding hydrogens is 357 g/mol. The molecule has 2 aliphatic heterocycles. The molecule has 2 fully saturated rings. The van der Waals surface area contributed by atoms with Crippen molar-refractivity contribution in [1.82, 2.24) is 24.9 Å². The van der Waals surface area contributed by atoms with Gasteiger partial charge in [-0.25, -0.2) is 9.07 Å². The first-order valence-electron chi connectivity index (χ1n) is 10.1. The van der Waals surface area contributed by atoms with Crippen LogP contribution in [0.5, 0.6) is 0 Å². The summed E-state index contributed by atoms with van der Waals surface area (Å²) in [5.41, 5.74) is 2.30. The first-order valence-corrected chi connectivity index (χ1v) is 10.1. The Morgan fingerprint density at radius 2 is 1.89 bits per heavy atom. The molecule has 0 bridgehead atoms. The minimum atomic E-state index is -0.283. The molecule has 1 aromatic heterocycles. The van der Waals surface area contributed by atoms with E-state index in [1.54, 1.807) is 23.0 Å². The minimum Gasteiger partial charge on any atom is -0.337 e. The highest BCUT2D eigenvalue weighted by atomic mass is 19.1. The molecule has 1 N–H and O–H groups in total. The predicted octanol–water partition coefficient (Wildman–Crippen LogP) is 2.25. The fourth-order valence-corrected chi connectivity index (χ4v) is 4.31. The molecule has 0 saturated carbocycles. The largest absolute Gasteiger partial charge is 0.337 e. The van der Waals surface area contributed by atoms with Crippen LogP contribution >= 0.6 is 0 Å². The van der Waals surface area contributed by atoms with Gasteiger partial charge in [0.05, 0.1) is 23.1 Å². The fourth-order valence-electron chi connectivity index (χ4n) is 4.31. The van der Waals surface area contributed by atoms with E-state index in [2.05, 4.69) is 29.2 Å². The van der Waals surface area contributed by atoms with Crippen LogP contribution in [0.1, 0.15) is 42.2 Å². The molecular formula is C21H28FN5O. The van der Waals surface area contributed by atoms with E-state index in [0.29, 0.717) is 11.6 Å². The van der Waals surface area contributed by atoms with Gasteiger partial charge in [-0.15, -0.1) is 0 Å². The van der Waals surface area contributed by atoms with Gasteiger partial charge in [0.2, 0.25) is 0 Å². The first-order chi connectivity index (χ1) is 13.5. The van der Waals surface area contributed by atoms with Gasteiger partial charge >= 0.3 is 0 Å². The maximum absolute atomic E-state index is 13.3. The summed E-state index contributed by atoms with van der Waals surface area (Å²) in [5.74, 6) is -0.109. The number of benzene rings is 1. The molecule has 6 nitrogen and oxygen atoms in total. The summed E-state index contributed by atoms with van der Waals surface area (Å²) in [4.78, 5) is 17.7. The lowest BCUT2D eigenvalue weighted by molar-refractivity contribution is 0.0772. The number of amides is 1. The van der Waals surface area contributed by atoms with Gasteiger partial charge in [-0.05, 0) is 36.6 Å². The highest BCUT2D eigenvalue weighted by molar-refractivity contribution is 5.95. The number of aromatic nitrogens is 2. The van der Waals surface area contributed by atoms with E-state index in [1.807, 2.05) is 4.90 Å². The van der Waals surface area contributed by atoms with Crippen LogP contribution in [0.4, 0.5) is 4.39 Å². The van der Waals surface area contributed by atoms with Crippen molar-refractivity contribution in [3.8, 4) is 5.69 Å². The van der Waals surface area contributed by atoms with E-state index < -0.39 is 0 Å². The third kappa shape index (κ3) is 3.69. The topological polar surface area (TPSA) is 53.4 Å². The Hall–Kier alpha value is -2.25. The normalized spacial score (nSPS) is 20.9. The van der Waals surface area contributed by atoms with Gasteiger partial charge in [-0.2, -0.15) is 5.10 Å². The van der Waals surface area contributed by atoms with Crippen LogP contribution in [0.15, 0.2) is 30.5 Å². The van der Waals surface area contributed by atoms with Crippen LogP contribution in [0, 0.1) is 5.82 Å². The van der Waals surface area contributed by atoms with Gasteiger partial charge in [0.15, 0.2) is 0 Å². The van der Waals surface area contributed by atoms with Crippen molar-refractivity contribution in [3.63, 3.8) is 0 Å². The standard InChI is InChI=1S/C21H28FN5O/c1-15(2)20-19(13-24-27(20)17-5-3-16(22)4-6-17)21(28)26-10-7-18(14-26)25-11-8-23-9-12-25/h3-6,13,15,18,23H,7-12,14H2,1-2H3. The zero-order valence-corrected chi connectivity index (χ0v) is 16.6. The van der Waals surface area contributed by atoms with Crippen molar-refractivity contribution in [1.29, 1.82) is 0 Å². The summed E-state index contributed by atoms with van der Waals surface area (Å²) in [5, 5.41) is 7.85. The number of hydrogen-bond donors (Lipinski definition) is 1. The van der Waals surface area contributed by atoms with Crippen molar-refractivity contribution >= 4 is 5.91 Å². The highest BCUT2D eigenvalue weighted by Crippen LogP contribution is 2.26. The molecule has 7 heteroatoms. The summed E-state index contributed by atoms with van der Waals surface area (Å²) < 4.78 is 15.1. The second kappa shape index (κ2) is 8.01. The third-order valence-corrected chi connectivity index (χ3v) is 5.77. The Morgan fingerprint density at radius 1 is 1.18 bits per heavy atom. The first kappa shape index (κ1) is 19.1. The fraction of sp³-hybridized carbons (Fsp3) is 0.524. The number of nitrogens with zero attached hydrogens (tertiary/aromatic N) is 4. The Kier molecular flexibility index (Phi) is 5.46. The van der Waals surface area contributed by atoms with E-state index in [1.165, 1.54) is 12.1 Å². The average molecular weight is 385 g/mol. The Balaban J connectivity index is 1.55. The van der Waals surface area contributed by atoms with Crippen molar-refractivity contribution in [2.75, 3.05) is 39.3 Å². The second-order valence-corrected chi connectivity index (χ2v) is 7.97. The zero-order valence-electron chi connectivity index (χ0n) is 16.6. The number of halogens is 1. The lowest BCUT2D eigenvalue weighted by Gasteiger charge is -2.32. The van der Waals surface area contributed by atoms with Crippen LogP contribution in [0.3, 0.4) is 0 Å². The van der Waals surface area contributed by atoms with E-state index in [-0.39, 0.29) is 17.6 Å². The van der Waals surface area contributed by atoms with Crippen LogP contribution in [0.25, 0.3) is 5.69 Å². The lowest BCUT2D eigenvalue weighted by Crippen LogP contribution is -2.49. The molecule has 2 aliphatic rings. The maximum atomic E-state index is 13.3. The average Bonchev–Trinajstić information content (AvgIpc) is 3.36. The molecule has 1 atom stereocenters. The van der Waals surface area contributed by atoms with E-state index in [0.717, 1.165) is 57.1 Å². The molecule has 2 aromatic rings. The quantitative estimate of drug-likeness (QED) is 0.877. The minimum absolute atomic E-state index is 0.0506. The summed E-state index contributed by atoms with van der Waals surface area (Å²) in [6, 6.07) is 6.67. The maximum Gasteiger partial charge on any atom is 0.257 e. The van der Waals surface area contributed by atoms with E-state index in [9.17, 15) is 9.18 Å². The smallest absolute Gasteiger partial charge is 0.257 e. The number of piperazine rings is 1. The molecule has 1 aromatic carbocycles. The predicted molar refractivity (Wildman–Crippen MR) is 106 cm³/mol. The number of nitrogens with one attached hydrogen (secondary N) is 1. The highest BCUT2D eigenvalue weighted by Gasteiger charge is 2.33. The van der Waals surface area contributed by atoms with Gasteiger partial charge in [-0.3, -0.25) is 9.69 Å². The number of rotatable bonds is 4. The van der Waals surface area contributed by atoms with Crippen molar-refractivity contribution in [2.24, 2.45) is 0 Å². The zero-order chi connectivity index (χ0) is 19.7.